The van der Waals surface area contributed by atoms with Crippen molar-refractivity contribution >= 4 is 16.7 Å². The van der Waals surface area contributed by atoms with Gasteiger partial charge in [-0.05, 0) is 106 Å². The minimum Gasteiger partial charge on any atom is -0.387 e. The van der Waals surface area contributed by atoms with Crippen molar-refractivity contribution in [1.82, 2.24) is 9.78 Å². The summed E-state index contributed by atoms with van der Waals surface area (Å²) in [5.74, 6) is 3.63. The van der Waals surface area contributed by atoms with Crippen LogP contribution in [0.5, 0.6) is 0 Å². The number of aliphatic hydroxyl groups is 1. The molecule has 4 aliphatic rings. The lowest BCUT2D eigenvalue weighted by atomic mass is 9.49. The summed E-state index contributed by atoms with van der Waals surface area (Å²) in [5.41, 5.74) is 1.07. The van der Waals surface area contributed by atoms with Crippen molar-refractivity contribution in [3.05, 3.63) is 30.0 Å². The van der Waals surface area contributed by atoms with Gasteiger partial charge in [-0.1, -0.05) is 25.1 Å². The fraction of sp³-hybridized carbons (Fsp3) is 0.724. The van der Waals surface area contributed by atoms with Gasteiger partial charge in [0.25, 0.3) is 0 Å². The molecule has 1 aromatic heterocycles. The molecule has 1 N–H and O–H groups in total. The van der Waals surface area contributed by atoms with Crippen LogP contribution >= 0.6 is 0 Å². The maximum absolute atomic E-state index is 13.7. The third-order valence-electron chi connectivity index (χ3n) is 10.9. The van der Waals surface area contributed by atoms with Crippen LogP contribution in [0.1, 0.15) is 70.4 Å². The summed E-state index contributed by atoms with van der Waals surface area (Å²) in [6.45, 7) is 4.21. The first-order chi connectivity index (χ1) is 16.3. The molecule has 1 aromatic carbocycles. The molecule has 5 heteroatoms. The summed E-state index contributed by atoms with van der Waals surface area (Å²) in [6.07, 6.45) is 9.06. The van der Waals surface area contributed by atoms with Crippen LogP contribution < -0.4 is 0 Å². The first-order valence-electron chi connectivity index (χ1n) is 13.6. The Labute approximate surface area is 202 Å². The summed E-state index contributed by atoms with van der Waals surface area (Å²) < 4.78 is 15.4. The molecule has 2 aromatic rings. The number of hydrogen-bond acceptors (Lipinski definition) is 3. The van der Waals surface area contributed by atoms with E-state index >= 15 is 0 Å². The summed E-state index contributed by atoms with van der Waals surface area (Å²) in [5, 5.41) is 16.4. The maximum Gasteiger partial charge on any atom is 0.157 e. The average molecular weight is 467 g/mol. The molecule has 34 heavy (non-hydrogen) atoms. The highest BCUT2D eigenvalue weighted by atomic mass is 19.1. The van der Waals surface area contributed by atoms with Crippen molar-refractivity contribution in [3.8, 4) is 0 Å². The number of halogens is 1. The lowest BCUT2D eigenvalue weighted by Gasteiger charge is -2.56. The molecule has 4 saturated carbocycles. The van der Waals surface area contributed by atoms with Gasteiger partial charge in [0.15, 0.2) is 5.78 Å². The van der Waals surface area contributed by atoms with Crippen LogP contribution in [0, 0.1) is 47.8 Å². The zero-order valence-corrected chi connectivity index (χ0v) is 20.7. The molecule has 4 fully saturated rings. The smallest absolute Gasteiger partial charge is 0.157 e. The second-order valence-corrected chi connectivity index (χ2v) is 12.4. The number of alkyl halides is 1. The molecule has 8 atom stereocenters. The molecule has 1 heterocycles. The number of carbonyl (C=O) groups is 1. The van der Waals surface area contributed by atoms with E-state index in [1.165, 1.54) is 19.3 Å². The van der Waals surface area contributed by atoms with Gasteiger partial charge in [0.05, 0.1) is 16.8 Å². The molecule has 0 aliphatic heterocycles. The van der Waals surface area contributed by atoms with E-state index < -0.39 is 12.3 Å². The molecule has 0 amide bonds. The van der Waals surface area contributed by atoms with Crippen molar-refractivity contribution in [2.75, 3.05) is 6.67 Å². The number of aryl methyl sites for hydroxylation is 1. The zero-order chi connectivity index (χ0) is 23.7. The number of benzene rings is 1. The van der Waals surface area contributed by atoms with Gasteiger partial charge < -0.3 is 5.11 Å². The van der Waals surface area contributed by atoms with Gasteiger partial charge in [-0.25, -0.2) is 4.39 Å². The molecule has 6 rings (SSSR count). The number of ketones is 1. The van der Waals surface area contributed by atoms with Gasteiger partial charge in [-0.15, -0.1) is 0 Å². The molecule has 0 spiro atoms. The van der Waals surface area contributed by atoms with Gasteiger partial charge in [0, 0.05) is 11.3 Å². The number of rotatable bonds is 4. The van der Waals surface area contributed by atoms with Gasteiger partial charge in [0.1, 0.15) is 13.2 Å². The highest BCUT2D eigenvalue weighted by molar-refractivity contribution is 5.86. The summed E-state index contributed by atoms with van der Waals surface area (Å²) in [7, 11) is 0. The minimum absolute atomic E-state index is 0.0947. The Hall–Kier alpha value is -1.75. The minimum atomic E-state index is -1.07. The fourth-order valence-electron chi connectivity index (χ4n) is 9.28. The van der Waals surface area contributed by atoms with Crippen LogP contribution in [-0.4, -0.2) is 32.9 Å². The summed E-state index contributed by atoms with van der Waals surface area (Å²) in [6, 6.07) is 8.21. The van der Waals surface area contributed by atoms with Gasteiger partial charge in [-0.3, -0.25) is 9.48 Å². The fourth-order valence-corrected chi connectivity index (χ4v) is 9.28. The van der Waals surface area contributed by atoms with Gasteiger partial charge >= 0.3 is 0 Å². The number of para-hydroxylation sites is 1. The van der Waals surface area contributed by atoms with Crippen molar-refractivity contribution in [1.29, 1.82) is 0 Å². The molecule has 0 bridgehead atoms. The number of nitrogens with zero attached hydrogens (tertiary/aromatic N) is 2. The maximum atomic E-state index is 13.7. The number of Topliss-reactive ketones (excluding diaryl/α,β-unsaturated/α-hetero) is 1. The summed E-state index contributed by atoms with van der Waals surface area (Å²) in [4.78, 5) is 13.7. The quantitative estimate of drug-likeness (QED) is 0.612. The van der Waals surface area contributed by atoms with Crippen molar-refractivity contribution in [2.45, 2.75) is 83.8 Å². The van der Waals surface area contributed by atoms with E-state index in [1.54, 1.807) is 0 Å². The number of hydrogen-bond donors (Lipinski definition) is 1. The second-order valence-electron chi connectivity index (χ2n) is 12.4. The van der Waals surface area contributed by atoms with Crippen molar-refractivity contribution < 1.29 is 14.3 Å². The van der Waals surface area contributed by atoms with E-state index in [9.17, 15) is 14.3 Å². The third kappa shape index (κ3) is 3.40. The molecule has 184 valence electrons. The Morgan fingerprint density at radius 2 is 1.88 bits per heavy atom. The van der Waals surface area contributed by atoms with E-state index in [-0.39, 0.29) is 11.3 Å². The highest BCUT2D eigenvalue weighted by Gasteiger charge is 2.59. The highest BCUT2D eigenvalue weighted by Crippen LogP contribution is 2.64. The number of aromatic nitrogens is 2. The lowest BCUT2D eigenvalue weighted by Crippen LogP contribution is -2.52. The van der Waals surface area contributed by atoms with E-state index in [0.717, 1.165) is 42.3 Å². The monoisotopic (exact) mass is 466 g/mol. The normalized spacial score (nSPS) is 41.6. The Balaban J connectivity index is 1.19. The lowest BCUT2D eigenvalue weighted by molar-refractivity contribution is -0.134. The zero-order valence-electron chi connectivity index (χ0n) is 20.7. The van der Waals surface area contributed by atoms with Gasteiger partial charge in [0.2, 0.25) is 0 Å². The van der Waals surface area contributed by atoms with Crippen molar-refractivity contribution in [2.24, 2.45) is 40.9 Å². The Morgan fingerprint density at radius 1 is 1.09 bits per heavy atom. The molecular formula is C29H39FN2O2. The average Bonchev–Trinajstić information content (AvgIpc) is 3.35. The Bertz CT molecular complexity index is 1100. The van der Waals surface area contributed by atoms with Gasteiger partial charge in [-0.2, -0.15) is 5.10 Å². The Kier molecular flexibility index (Phi) is 5.44. The number of carbonyl (C=O) groups excluding carboxylic acids is 1. The van der Waals surface area contributed by atoms with E-state index in [1.807, 2.05) is 23.7 Å². The number of fused-ring (bicyclic) bond motifs is 6. The topological polar surface area (TPSA) is 55.1 Å². The largest absolute Gasteiger partial charge is 0.387 e. The predicted octanol–water partition coefficient (Wildman–Crippen LogP) is 5.88. The molecule has 0 radical (unpaired) electrons. The van der Waals surface area contributed by atoms with Crippen LogP contribution in [0.25, 0.3) is 10.9 Å². The molecule has 0 unspecified atom stereocenters. The third-order valence-corrected chi connectivity index (χ3v) is 10.9. The SMILES string of the molecule is Cc1nn(CC(=O)[C@H]2CC[C@H]3[C@@H]4CC[C@@H]5C[C@@](O)(CF)CC[C@@H]5[C@H]4CC[C@]23C)c2ccccc12. The van der Waals surface area contributed by atoms with Crippen LogP contribution in [0.3, 0.4) is 0 Å². The predicted molar refractivity (Wildman–Crippen MR) is 131 cm³/mol. The molecule has 4 aliphatic carbocycles. The van der Waals surface area contributed by atoms with Crippen LogP contribution in [0.2, 0.25) is 0 Å². The molecular weight excluding hydrogens is 427 g/mol. The first-order valence-corrected chi connectivity index (χ1v) is 13.6. The molecule has 0 saturated heterocycles. The standard InChI is InChI=1S/C29H39FN2O2/c1-18-20-5-3-4-6-26(20)32(31-18)16-27(33)25-10-9-24-23-8-7-19-15-29(34,17-30)14-12-21(19)22(23)11-13-28(24,25)2/h3-6,19,21-25,34H,7-17H2,1-2H3/t19-,21+,22-,23-,24+,25-,28+,29-/m1/s1. The van der Waals surface area contributed by atoms with Crippen LogP contribution in [0.15, 0.2) is 24.3 Å². The van der Waals surface area contributed by atoms with E-state index in [0.29, 0.717) is 54.8 Å². The van der Waals surface area contributed by atoms with Crippen LogP contribution in [0.4, 0.5) is 4.39 Å². The van der Waals surface area contributed by atoms with Crippen LogP contribution in [-0.2, 0) is 11.3 Å². The van der Waals surface area contributed by atoms with E-state index in [2.05, 4.69) is 19.1 Å². The van der Waals surface area contributed by atoms with E-state index in [4.69, 9.17) is 5.10 Å². The first kappa shape index (κ1) is 22.7. The Morgan fingerprint density at radius 3 is 2.71 bits per heavy atom. The second kappa shape index (κ2) is 8.15. The summed E-state index contributed by atoms with van der Waals surface area (Å²) >= 11 is 0. The van der Waals surface area contributed by atoms with Crippen molar-refractivity contribution in [3.63, 3.8) is 0 Å². The molecule has 4 nitrogen and oxygen atoms in total.